The smallest absolute Gasteiger partial charge is 0.381 e. The molecule has 3 fully saturated rings. The summed E-state index contributed by atoms with van der Waals surface area (Å²) in [6.07, 6.45) is 7.67. The first kappa shape index (κ1) is 31.3. The van der Waals surface area contributed by atoms with Crippen LogP contribution in [0.1, 0.15) is 38.5 Å². The van der Waals surface area contributed by atoms with E-state index in [0.29, 0.717) is 0 Å². The van der Waals surface area contributed by atoms with Gasteiger partial charge in [0.15, 0.2) is 0 Å². The molecular weight excluding hydrogens is 427 g/mol. The minimum Gasteiger partial charge on any atom is -0.381 e. The van der Waals surface area contributed by atoms with Crippen LogP contribution >= 0.6 is 0 Å². The maximum absolute atomic E-state index is 4.94. The van der Waals surface area contributed by atoms with Crippen LogP contribution in [0.2, 0.25) is 39.3 Å². The van der Waals surface area contributed by atoms with E-state index in [1.807, 2.05) is 0 Å². The Hall–Kier alpha value is 0.348. The maximum Gasteiger partial charge on any atom is 1.00 e. The van der Waals surface area contributed by atoms with E-state index < -0.39 is 15.2 Å². The molecule has 3 heterocycles. The molecule has 0 spiro atoms. The summed E-state index contributed by atoms with van der Waals surface area (Å²) < 4.78 is 14.8. The van der Waals surface area contributed by atoms with Crippen LogP contribution in [0.5, 0.6) is 0 Å². The molecule has 3 aliphatic heterocycles. The molecule has 1 aromatic carbocycles. The molecule has 3 aliphatic rings. The van der Waals surface area contributed by atoms with Gasteiger partial charge in [0.1, 0.15) is 0 Å². The second kappa shape index (κ2) is 17.8. The normalized spacial score (nSPS) is 17.7. The van der Waals surface area contributed by atoms with Gasteiger partial charge >= 0.3 is 18.9 Å². The number of benzene rings is 1. The van der Waals surface area contributed by atoms with Gasteiger partial charge in [-0.15, -0.1) is 0 Å². The molecule has 4 rings (SSSR count). The summed E-state index contributed by atoms with van der Waals surface area (Å²) in [6, 6.07) is 11.3. The predicted molar refractivity (Wildman–Crippen MR) is 139 cm³/mol. The Morgan fingerprint density at radius 1 is 0.548 bits per heavy atom. The summed E-state index contributed by atoms with van der Waals surface area (Å²) in [4.78, 5) is 0. The Balaban J connectivity index is 0.000000454. The molecular formula is C24H47LiO3Si3. The summed E-state index contributed by atoms with van der Waals surface area (Å²) >= 11 is 0. The average Bonchev–Trinajstić information content (AvgIpc) is 3.49. The van der Waals surface area contributed by atoms with Crippen molar-refractivity contribution in [3.05, 3.63) is 30.3 Å². The van der Waals surface area contributed by atoms with Crippen molar-refractivity contribution >= 4 is 28.2 Å². The Kier molecular flexibility index (Phi) is 18.0. The fourth-order valence-corrected chi connectivity index (χ4v) is 41.8. The second-order valence-electron chi connectivity index (χ2n) is 10.2. The summed E-state index contributed by atoms with van der Waals surface area (Å²) in [7, 11) is -2.27. The van der Waals surface area contributed by atoms with Crippen molar-refractivity contribution in [1.29, 1.82) is 0 Å². The van der Waals surface area contributed by atoms with Crippen LogP contribution in [0.15, 0.2) is 30.3 Å². The standard InChI is InChI=1S/C12H23Si3.3C4H8O.Li/c1-14(2,3)13(15(4,5)6)12-10-8-7-9-11-12;3*1-2-4-5-3-1;/h7-11H,1-6H3;3*1-4H2;/q-1;;;;+1. The van der Waals surface area contributed by atoms with Crippen LogP contribution in [-0.2, 0) is 14.2 Å². The van der Waals surface area contributed by atoms with Crippen LogP contribution in [0, 0.1) is 0 Å². The van der Waals surface area contributed by atoms with Crippen molar-refractivity contribution in [2.45, 2.75) is 77.8 Å². The Bertz CT molecular complexity index is 461. The van der Waals surface area contributed by atoms with Crippen molar-refractivity contribution in [2.75, 3.05) is 39.6 Å². The van der Waals surface area contributed by atoms with E-state index in [1.165, 1.54) is 38.5 Å². The molecule has 3 nitrogen and oxygen atoms in total. The van der Waals surface area contributed by atoms with Gasteiger partial charge in [-0.3, -0.25) is 7.83 Å². The van der Waals surface area contributed by atoms with Crippen molar-refractivity contribution < 1.29 is 33.1 Å². The van der Waals surface area contributed by atoms with Gasteiger partial charge in [0.2, 0.25) is 0 Å². The van der Waals surface area contributed by atoms with E-state index in [1.54, 1.807) is 5.19 Å². The summed E-state index contributed by atoms with van der Waals surface area (Å²) in [5, 5.41) is 1.68. The van der Waals surface area contributed by atoms with E-state index in [9.17, 15) is 0 Å². The zero-order chi connectivity index (χ0) is 22.3. The van der Waals surface area contributed by atoms with E-state index in [4.69, 9.17) is 14.2 Å². The van der Waals surface area contributed by atoms with Crippen molar-refractivity contribution in [1.82, 2.24) is 0 Å². The molecule has 0 amide bonds. The summed E-state index contributed by atoms with van der Waals surface area (Å²) in [5.74, 6) is 0. The fourth-order valence-electron chi connectivity index (χ4n) is 4.13. The molecule has 31 heavy (non-hydrogen) atoms. The predicted octanol–water partition coefficient (Wildman–Crippen LogP) is 2.62. The zero-order valence-electron chi connectivity index (χ0n) is 21.6. The second-order valence-corrected chi connectivity index (χ2v) is 34.0. The van der Waals surface area contributed by atoms with Gasteiger partial charge in [-0.2, -0.15) is 0 Å². The largest absolute Gasteiger partial charge is 1.00 e. The van der Waals surface area contributed by atoms with Crippen molar-refractivity contribution in [3.8, 4) is 0 Å². The van der Waals surface area contributed by atoms with Crippen molar-refractivity contribution in [2.24, 2.45) is 0 Å². The van der Waals surface area contributed by atoms with E-state index >= 15 is 0 Å². The molecule has 1 aromatic rings. The number of ether oxygens (including phenoxy) is 3. The molecule has 7 heteroatoms. The third-order valence-electron chi connectivity index (χ3n) is 5.04. The average molecular weight is 475 g/mol. The number of rotatable bonds is 3. The van der Waals surface area contributed by atoms with Crippen molar-refractivity contribution in [3.63, 3.8) is 0 Å². The Labute approximate surface area is 208 Å². The van der Waals surface area contributed by atoms with Crippen LogP contribution in [-0.4, -0.2) is 62.7 Å². The molecule has 0 aromatic heterocycles. The zero-order valence-corrected chi connectivity index (χ0v) is 24.6. The summed E-state index contributed by atoms with van der Waals surface area (Å²) in [6.45, 7) is 21.3. The van der Waals surface area contributed by atoms with Crippen LogP contribution < -0.4 is 24.0 Å². The first-order valence-corrected chi connectivity index (χ1v) is 22.4. The van der Waals surface area contributed by atoms with E-state index in [0.717, 1.165) is 39.6 Å². The van der Waals surface area contributed by atoms with E-state index in [2.05, 4.69) is 69.6 Å². The minimum atomic E-state index is -0.999. The number of hydrogen-bond donors (Lipinski definition) is 0. The van der Waals surface area contributed by atoms with Gasteiger partial charge in [0, 0.05) is 39.6 Å². The van der Waals surface area contributed by atoms with Gasteiger partial charge < -0.3 is 14.2 Å². The first-order valence-electron chi connectivity index (χ1n) is 11.9. The monoisotopic (exact) mass is 474 g/mol. The fraction of sp³-hybridized carbons (Fsp3) is 0.750. The van der Waals surface area contributed by atoms with Crippen LogP contribution in [0.3, 0.4) is 0 Å². The van der Waals surface area contributed by atoms with Gasteiger partial charge in [-0.25, -0.2) is 5.19 Å². The van der Waals surface area contributed by atoms with Gasteiger partial charge in [0.05, 0.1) is 0 Å². The molecule has 0 unspecified atom stereocenters. The molecule has 0 radical (unpaired) electrons. The molecule has 0 atom stereocenters. The van der Waals surface area contributed by atoms with Crippen LogP contribution in [0.25, 0.3) is 0 Å². The van der Waals surface area contributed by atoms with Gasteiger partial charge in [-0.05, 0) is 38.5 Å². The van der Waals surface area contributed by atoms with Crippen LogP contribution in [0.4, 0.5) is 0 Å². The molecule has 3 saturated heterocycles. The SMILES string of the molecule is C1CCOC1.C1CCOC1.C1CCOC1.C[Si](C)(C)[Si-](c1ccccc1)[Si](C)(C)C.[Li+]. The van der Waals surface area contributed by atoms with Gasteiger partial charge in [-0.1, -0.05) is 84.8 Å². The third kappa shape index (κ3) is 15.8. The first-order chi connectivity index (χ1) is 14.2. The topological polar surface area (TPSA) is 27.7 Å². The number of hydrogen-bond acceptors (Lipinski definition) is 3. The van der Waals surface area contributed by atoms with E-state index in [-0.39, 0.29) is 26.7 Å². The third-order valence-corrected chi connectivity index (χ3v) is 33.2. The molecule has 0 bridgehead atoms. The maximum atomic E-state index is 4.94. The summed E-state index contributed by atoms with van der Waals surface area (Å²) in [5.41, 5.74) is 0. The minimum absolute atomic E-state index is 0. The molecule has 0 aliphatic carbocycles. The van der Waals surface area contributed by atoms with Gasteiger partial charge in [0.25, 0.3) is 0 Å². The molecule has 0 saturated carbocycles. The quantitative estimate of drug-likeness (QED) is 0.631. The molecule has 174 valence electrons. The Morgan fingerprint density at radius 2 is 0.839 bits per heavy atom. The molecule has 0 N–H and O–H groups in total. The Morgan fingerprint density at radius 3 is 1.03 bits per heavy atom.